The van der Waals surface area contributed by atoms with Crippen LogP contribution in [0.5, 0.6) is 11.5 Å². The van der Waals surface area contributed by atoms with Crippen LogP contribution in [0.2, 0.25) is 0 Å². The summed E-state index contributed by atoms with van der Waals surface area (Å²) in [5.74, 6) is 1.38. The van der Waals surface area contributed by atoms with Gasteiger partial charge in [-0.1, -0.05) is 75.9 Å². The minimum atomic E-state index is 0.691. The van der Waals surface area contributed by atoms with Crippen molar-refractivity contribution in [2.45, 2.75) is 21.3 Å². The Labute approximate surface area is 164 Å². The lowest BCUT2D eigenvalue weighted by Gasteiger charge is -2.10. The van der Waals surface area contributed by atoms with E-state index >= 15 is 0 Å². The summed E-state index contributed by atoms with van der Waals surface area (Å²) in [5.41, 5.74) is 4.58. The Balaban J connectivity index is 2.15. The molecular formula is C16H14Br4O2. The van der Waals surface area contributed by atoms with Crippen LogP contribution in [0, 0.1) is 0 Å². The second kappa shape index (κ2) is 9.30. The molecule has 0 aliphatic heterocycles. The highest BCUT2D eigenvalue weighted by Crippen LogP contribution is 2.24. The summed E-state index contributed by atoms with van der Waals surface area (Å²) < 4.78 is 0. The number of alkyl halides is 4. The summed E-state index contributed by atoms with van der Waals surface area (Å²) in [6.07, 6.45) is 0. The third-order valence-electron chi connectivity index (χ3n) is 2.90. The van der Waals surface area contributed by atoms with Crippen molar-refractivity contribution in [3.8, 4) is 11.5 Å². The van der Waals surface area contributed by atoms with Gasteiger partial charge in [-0.2, -0.15) is 0 Å². The lowest BCUT2D eigenvalue weighted by Crippen LogP contribution is -2.02. The van der Waals surface area contributed by atoms with Crippen molar-refractivity contribution in [2.75, 3.05) is 0 Å². The molecule has 118 valence electrons. The molecule has 2 nitrogen and oxygen atoms in total. The fourth-order valence-electron chi connectivity index (χ4n) is 1.96. The Kier molecular flexibility index (Phi) is 7.74. The van der Waals surface area contributed by atoms with Gasteiger partial charge < -0.3 is 0 Å². The lowest BCUT2D eigenvalue weighted by atomic mass is 10.1. The largest absolute Gasteiger partial charge is 0.290 e. The van der Waals surface area contributed by atoms with Gasteiger partial charge in [-0.25, -0.2) is 0 Å². The van der Waals surface area contributed by atoms with E-state index in [0.717, 1.165) is 43.6 Å². The van der Waals surface area contributed by atoms with E-state index in [0.29, 0.717) is 11.5 Å². The molecule has 0 fully saturated rings. The van der Waals surface area contributed by atoms with Crippen molar-refractivity contribution >= 4 is 63.7 Å². The van der Waals surface area contributed by atoms with Gasteiger partial charge >= 0.3 is 0 Å². The third kappa shape index (κ3) is 5.25. The maximum absolute atomic E-state index is 5.50. The molecule has 0 aliphatic carbocycles. The molecule has 22 heavy (non-hydrogen) atoms. The van der Waals surface area contributed by atoms with E-state index in [1.54, 1.807) is 0 Å². The van der Waals surface area contributed by atoms with Crippen molar-refractivity contribution in [2.24, 2.45) is 0 Å². The molecule has 2 aromatic carbocycles. The molecule has 2 rings (SSSR count). The van der Waals surface area contributed by atoms with Gasteiger partial charge in [-0.3, -0.25) is 9.78 Å². The quantitative estimate of drug-likeness (QED) is 0.216. The molecule has 0 saturated heterocycles. The van der Waals surface area contributed by atoms with Gasteiger partial charge in [0.2, 0.25) is 0 Å². The molecule has 6 heteroatoms. The van der Waals surface area contributed by atoms with Crippen molar-refractivity contribution < 1.29 is 9.78 Å². The van der Waals surface area contributed by atoms with Gasteiger partial charge in [-0.05, 0) is 46.5 Å². The molecule has 0 saturated carbocycles. The van der Waals surface area contributed by atoms with Crippen LogP contribution in [-0.2, 0) is 21.3 Å². The fraction of sp³-hybridized carbons (Fsp3) is 0.250. The minimum Gasteiger partial charge on any atom is -0.290 e. The van der Waals surface area contributed by atoms with E-state index in [9.17, 15) is 0 Å². The van der Waals surface area contributed by atoms with Crippen LogP contribution in [0.15, 0.2) is 36.4 Å². The highest BCUT2D eigenvalue weighted by molar-refractivity contribution is 9.09. The first-order valence-electron chi connectivity index (χ1n) is 6.52. The van der Waals surface area contributed by atoms with Crippen LogP contribution in [0.3, 0.4) is 0 Å². The molecule has 0 aliphatic rings. The van der Waals surface area contributed by atoms with E-state index in [2.05, 4.69) is 75.9 Å². The summed E-state index contributed by atoms with van der Waals surface area (Å²) in [6, 6.07) is 12.1. The van der Waals surface area contributed by atoms with Gasteiger partial charge in [0.1, 0.15) is 0 Å². The zero-order chi connectivity index (χ0) is 15.9. The van der Waals surface area contributed by atoms with Gasteiger partial charge in [-0.15, -0.1) is 0 Å². The average molecular weight is 558 g/mol. The number of rotatable bonds is 7. The summed E-state index contributed by atoms with van der Waals surface area (Å²) in [7, 11) is 0. The maximum atomic E-state index is 5.50. The van der Waals surface area contributed by atoms with Gasteiger partial charge in [0.25, 0.3) is 0 Å². The Hall–Kier alpha value is -0.0400. The monoisotopic (exact) mass is 554 g/mol. The zero-order valence-electron chi connectivity index (χ0n) is 11.6. The van der Waals surface area contributed by atoms with E-state index in [-0.39, 0.29) is 0 Å². The topological polar surface area (TPSA) is 18.5 Å². The van der Waals surface area contributed by atoms with E-state index in [4.69, 9.17) is 9.78 Å². The van der Waals surface area contributed by atoms with Crippen molar-refractivity contribution in [3.05, 3.63) is 58.7 Å². The molecule has 0 aromatic heterocycles. The number of benzene rings is 2. The lowest BCUT2D eigenvalue weighted by molar-refractivity contribution is -0.100. The van der Waals surface area contributed by atoms with Crippen molar-refractivity contribution in [3.63, 3.8) is 0 Å². The van der Waals surface area contributed by atoms with E-state index < -0.39 is 0 Å². The predicted octanol–water partition coefficient (Wildman–Crippen LogP) is 6.64. The Bertz CT molecular complexity index is 532. The molecule has 0 N–H and O–H groups in total. The van der Waals surface area contributed by atoms with Crippen LogP contribution >= 0.6 is 63.7 Å². The van der Waals surface area contributed by atoms with Crippen molar-refractivity contribution in [1.29, 1.82) is 0 Å². The van der Waals surface area contributed by atoms with Crippen LogP contribution in [0.25, 0.3) is 0 Å². The standard InChI is InChI=1S/C16H14Br4O2/c17-7-11-1-12(8-18)4-15(3-11)21-22-16-5-13(9-19)2-14(6-16)10-20/h1-6H,7-10H2. The Morgan fingerprint density at radius 1 is 0.500 bits per heavy atom. The van der Waals surface area contributed by atoms with Crippen molar-refractivity contribution in [1.82, 2.24) is 0 Å². The molecule has 0 heterocycles. The normalized spacial score (nSPS) is 10.5. The van der Waals surface area contributed by atoms with Gasteiger partial charge in [0.05, 0.1) is 0 Å². The third-order valence-corrected chi connectivity index (χ3v) is 5.49. The first kappa shape index (κ1) is 18.3. The van der Waals surface area contributed by atoms with Gasteiger partial charge in [0.15, 0.2) is 11.5 Å². The van der Waals surface area contributed by atoms with Crippen LogP contribution in [-0.4, -0.2) is 0 Å². The first-order chi connectivity index (χ1) is 10.7. The second-order valence-electron chi connectivity index (χ2n) is 4.67. The van der Waals surface area contributed by atoms with E-state index in [1.165, 1.54) is 0 Å². The molecule has 0 spiro atoms. The van der Waals surface area contributed by atoms with Gasteiger partial charge in [0, 0.05) is 21.3 Å². The molecule has 2 aromatic rings. The summed E-state index contributed by atoms with van der Waals surface area (Å²) in [4.78, 5) is 11.0. The highest BCUT2D eigenvalue weighted by atomic mass is 79.9. The fourth-order valence-corrected chi connectivity index (χ4v) is 3.25. The zero-order valence-corrected chi connectivity index (χ0v) is 18.0. The molecular weight excluding hydrogens is 544 g/mol. The summed E-state index contributed by atoms with van der Waals surface area (Å²) in [5, 5.41) is 3.10. The molecule has 0 bridgehead atoms. The number of hydrogen-bond donors (Lipinski definition) is 0. The van der Waals surface area contributed by atoms with E-state index in [1.807, 2.05) is 24.3 Å². The molecule has 0 unspecified atom stereocenters. The summed E-state index contributed by atoms with van der Waals surface area (Å²) in [6.45, 7) is 0. The SMILES string of the molecule is BrCc1cc(CBr)cc(OOc2cc(CBr)cc(CBr)c2)c1. The minimum absolute atomic E-state index is 0.691. The highest BCUT2D eigenvalue weighted by Gasteiger charge is 2.06. The number of hydrogen-bond acceptors (Lipinski definition) is 2. The average Bonchev–Trinajstić information content (AvgIpc) is 2.59. The Morgan fingerprint density at radius 2 is 0.773 bits per heavy atom. The molecule has 0 radical (unpaired) electrons. The molecule has 0 amide bonds. The molecule has 0 atom stereocenters. The summed E-state index contributed by atoms with van der Waals surface area (Å²) >= 11 is 13.9. The van der Waals surface area contributed by atoms with Crippen LogP contribution < -0.4 is 9.78 Å². The van der Waals surface area contributed by atoms with Crippen LogP contribution in [0.4, 0.5) is 0 Å². The number of halogens is 4. The maximum Gasteiger partial charge on any atom is 0.179 e. The Morgan fingerprint density at radius 3 is 1.00 bits per heavy atom. The van der Waals surface area contributed by atoms with Crippen LogP contribution in [0.1, 0.15) is 22.3 Å². The smallest absolute Gasteiger partial charge is 0.179 e. The predicted molar refractivity (Wildman–Crippen MR) is 105 cm³/mol. The first-order valence-corrected chi connectivity index (χ1v) is 11.0. The second-order valence-corrected chi connectivity index (χ2v) is 6.91.